The van der Waals surface area contributed by atoms with Crippen molar-refractivity contribution < 1.29 is 0 Å². The third-order valence-electron chi connectivity index (χ3n) is 3.69. The van der Waals surface area contributed by atoms with Crippen molar-refractivity contribution in [3.05, 3.63) is 33.8 Å². The lowest BCUT2D eigenvalue weighted by atomic mass is 9.79. The second-order valence-electron chi connectivity index (χ2n) is 4.83. The van der Waals surface area contributed by atoms with Crippen LogP contribution in [0.3, 0.4) is 0 Å². The van der Waals surface area contributed by atoms with E-state index >= 15 is 0 Å². The lowest BCUT2D eigenvalue weighted by molar-refractivity contribution is 0.393. The van der Waals surface area contributed by atoms with Gasteiger partial charge in [-0.25, -0.2) is 4.99 Å². The smallest absolute Gasteiger partial charge is 0.205 e. The minimum atomic E-state index is -0.0872. The van der Waals surface area contributed by atoms with Crippen molar-refractivity contribution in [1.29, 1.82) is 5.26 Å². The third-order valence-corrected chi connectivity index (χ3v) is 4.43. The van der Waals surface area contributed by atoms with Crippen molar-refractivity contribution in [2.75, 3.05) is 6.54 Å². The average molecular weight is 305 g/mol. The summed E-state index contributed by atoms with van der Waals surface area (Å²) in [5, 5.41) is 14.4. The van der Waals surface area contributed by atoms with E-state index in [-0.39, 0.29) is 5.54 Å². The first-order chi connectivity index (χ1) is 8.72. The van der Waals surface area contributed by atoms with E-state index in [2.05, 4.69) is 49.8 Å². The van der Waals surface area contributed by atoms with E-state index in [0.717, 1.165) is 30.3 Å². The summed E-state index contributed by atoms with van der Waals surface area (Å²) in [5.41, 5.74) is 2.68. The molecule has 5 heteroatoms. The summed E-state index contributed by atoms with van der Waals surface area (Å²) < 4.78 is 1.16. The van der Waals surface area contributed by atoms with E-state index in [4.69, 9.17) is 5.26 Å². The summed E-state index contributed by atoms with van der Waals surface area (Å²) in [6.07, 6.45) is 4.90. The maximum Gasteiger partial charge on any atom is 0.205 e. The molecule has 0 saturated carbocycles. The van der Waals surface area contributed by atoms with Crippen molar-refractivity contribution in [3.8, 4) is 6.19 Å². The van der Waals surface area contributed by atoms with Crippen LogP contribution in [0.2, 0.25) is 0 Å². The number of nitrogens with one attached hydrogen (secondary N) is 2. The highest BCUT2D eigenvalue weighted by Gasteiger charge is 2.38. The van der Waals surface area contributed by atoms with Crippen LogP contribution in [0.5, 0.6) is 0 Å². The number of fused-ring (bicyclic) bond motifs is 1. The highest BCUT2D eigenvalue weighted by Crippen LogP contribution is 2.36. The van der Waals surface area contributed by atoms with Crippen LogP contribution in [0.1, 0.15) is 17.5 Å². The zero-order chi connectivity index (χ0) is 12.6. The Bertz CT molecular complexity index is 561. The molecule has 0 saturated heterocycles. The van der Waals surface area contributed by atoms with Crippen LogP contribution in [0.25, 0.3) is 0 Å². The van der Waals surface area contributed by atoms with Crippen molar-refractivity contribution in [2.45, 2.75) is 24.8 Å². The second-order valence-corrected chi connectivity index (χ2v) is 5.68. The third kappa shape index (κ3) is 1.87. The predicted molar refractivity (Wildman–Crippen MR) is 73.1 cm³/mol. The Balaban J connectivity index is 1.92. The number of aryl methyl sites for hydroxylation is 1. The Morgan fingerprint density at radius 1 is 1.50 bits per heavy atom. The number of hydrogen-bond donors (Lipinski definition) is 2. The predicted octanol–water partition coefficient (Wildman–Crippen LogP) is 1.71. The molecule has 1 aliphatic carbocycles. The molecule has 1 spiro atoms. The van der Waals surface area contributed by atoms with Crippen LogP contribution in [-0.2, 0) is 12.8 Å². The van der Waals surface area contributed by atoms with Gasteiger partial charge in [-0.1, -0.05) is 28.1 Å². The fourth-order valence-electron chi connectivity index (χ4n) is 2.76. The number of hydrogen-bond acceptors (Lipinski definition) is 4. The molecule has 1 unspecified atom stereocenters. The van der Waals surface area contributed by atoms with Crippen LogP contribution in [0, 0.1) is 11.5 Å². The Labute approximate surface area is 114 Å². The van der Waals surface area contributed by atoms with Crippen molar-refractivity contribution in [2.24, 2.45) is 4.99 Å². The van der Waals surface area contributed by atoms with Crippen LogP contribution in [0.15, 0.2) is 27.7 Å². The topological polar surface area (TPSA) is 60.2 Å². The Hall–Kier alpha value is -1.54. The summed E-state index contributed by atoms with van der Waals surface area (Å²) in [5.74, 6) is 0.605. The first-order valence-electron chi connectivity index (χ1n) is 5.98. The zero-order valence-corrected chi connectivity index (χ0v) is 11.4. The zero-order valence-electron chi connectivity index (χ0n) is 9.83. The molecule has 2 aliphatic rings. The largest absolute Gasteiger partial charge is 0.353 e. The number of guanidine groups is 1. The lowest BCUT2D eigenvalue weighted by Crippen LogP contribution is -2.39. The molecule has 92 valence electrons. The second kappa shape index (κ2) is 4.29. The molecule has 1 aromatic rings. The lowest BCUT2D eigenvalue weighted by Gasteiger charge is -2.31. The van der Waals surface area contributed by atoms with Gasteiger partial charge in [-0.3, -0.25) is 5.32 Å². The van der Waals surface area contributed by atoms with Crippen molar-refractivity contribution in [3.63, 3.8) is 0 Å². The van der Waals surface area contributed by atoms with Crippen molar-refractivity contribution >= 4 is 21.9 Å². The molecule has 18 heavy (non-hydrogen) atoms. The van der Waals surface area contributed by atoms with Crippen LogP contribution >= 0.6 is 15.9 Å². The summed E-state index contributed by atoms with van der Waals surface area (Å²) in [4.78, 5) is 4.66. The van der Waals surface area contributed by atoms with Gasteiger partial charge >= 0.3 is 0 Å². The summed E-state index contributed by atoms with van der Waals surface area (Å²) in [7, 11) is 0. The average Bonchev–Trinajstić information content (AvgIpc) is 2.74. The quantitative estimate of drug-likeness (QED) is 0.566. The summed E-state index contributed by atoms with van der Waals surface area (Å²) >= 11 is 3.62. The molecule has 0 fully saturated rings. The SMILES string of the molecule is N#CNC1=NC2(CCc3cccc(Br)c3C2)CN1. The van der Waals surface area contributed by atoms with E-state index in [1.807, 2.05) is 6.19 Å². The highest BCUT2D eigenvalue weighted by atomic mass is 79.9. The number of benzene rings is 1. The fraction of sp³-hybridized carbons (Fsp3) is 0.385. The van der Waals surface area contributed by atoms with E-state index in [9.17, 15) is 0 Å². The summed E-state index contributed by atoms with van der Waals surface area (Å²) in [6.45, 7) is 0.803. The maximum atomic E-state index is 8.63. The van der Waals surface area contributed by atoms with Gasteiger partial charge < -0.3 is 5.32 Å². The maximum absolute atomic E-state index is 8.63. The van der Waals surface area contributed by atoms with Gasteiger partial charge in [0, 0.05) is 17.4 Å². The molecule has 3 rings (SSSR count). The number of rotatable bonds is 0. The number of aliphatic imine (C=N–C) groups is 1. The molecule has 0 aromatic heterocycles. The minimum Gasteiger partial charge on any atom is -0.353 e. The molecule has 0 amide bonds. The molecule has 1 aliphatic heterocycles. The molecular weight excluding hydrogens is 292 g/mol. The normalized spacial score (nSPS) is 25.0. The number of halogens is 1. The molecular formula is C13H13BrN4. The van der Waals surface area contributed by atoms with Gasteiger partial charge in [0.1, 0.15) is 0 Å². The van der Waals surface area contributed by atoms with Crippen molar-refractivity contribution in [1.82, 2.24) is 10.6 Å². The molecule has 1 aromatic carbocycles. The Kier molecular flexibility index (Phi) is 2.75. The van der Waals surface area contributed by atoms with E-state index in [0.29, 0.717) is 5.96 Å². The van der Waals surface area contributed by atoms with Crippen LogP contribution < -0.4 is 10.6 Å². The molecule has 4 nitrogen and oxygen atoms in total. The standard InChI is InChI=1S/C13H13BrN4/c14-11-3-1-2-9-4-5-13(6-10(9)11)7-16-12(18-13)17-8-15/h1-3H,4-7H2,(H2,16,17,18). The van der Waals surface area contributed by atoms with E-state index in [1.165, 1.54) is 11.1 Å². The van der Waals surface area contributed by atoms with E-state index in [1.54, 1.807) is 0 Å². The molecule has 1 atom stereocenters. The van der Waals surface area contributed by atoms with Gasteiger partial charge in [-0.2, -0.15) is 5.26 Å². The minimum absolute atomic E-state index is 0.0872. The highest BCUT2D eigenvalue weighted by molar-refractivity contribution is 9.10. The van der Waals surface area contributed by atoms with E-state index < -0.39 is 0 Å². The molecule has 1 heterocycles. The van der Waals surface area contributed by atoms with Gasteiger partial charge in [0.05, 0.1) is 5.54 Å². The van der Waals surface area contributed by atoms with Gasteiger partial charge in [-0.15, -0.1) is 0 Å². The first kappa shape index (κ1) is 11.5. The Morgan fingerprint density at radius 2 is 2.39 bits per heavy atom. The van der Waals surface area contributed by atoms with Gasteiger partial charge in [0.2, 0.25) is 5.96 Å². The van der Waals surface area contributed by atoms with Gasteiger partial charge in [-0.05, 0) is 30.0 Å². The summed E-state index contributed by atoms with van der Waals surface area (Å²) in [6, 6.07) is 6.35. The molecule has 0 radical (unpaired) electrons. The van der Waals surface area contributed by atoms with Crippen LogP contribution in [-0.4, -0.2) is 18.0 Å². The van der Waals surface area contributed by atoms with Gasteiger partial charge in [0.25, 0.3) is 0 Å². The van der Waals surface area contributed by atoms with Gasteiger partial charge in [0.15, 0.2) is 6.19 Å². The Morgan fingerprint density at radius 3 is 3.22 bits per heavy atom. The number of nitrogens with zero attached hydrogens (tertiary/aromatic N) is 2. The monoisotopic (exact) mass is 304 g/mol. The fourth-order valence-corrected chi connectivity index (χ4v) is 3.30. The number of nitriles is 1. The van der Waals surface area contributed by atoms with Crippen LogP contribution in [0.4, 0.5) is 0 Å². The first-order valence-corrected chi connectivity index (χ1v) is 6.77. The molecule has 0 bridgehead atoms. The molecule has 2 N–H and O–H groups in total.